The van der Waals surface area contributed by atoms with Crippen LogP contribution in [0.1, 0.15) is 6.23 Å². The second-order valence-corrected chi connectivity index (χ2v) is 11.5. The van der Waals surface area contributed by atoms with Gasteiger partial charge in [0.05, 0.1) is 6.61 Å². The Bertz CT molecular complexity index is 1000. The third kappa shape index (κ3) is 5.50. The molecule has 3 N–H and O–H groups in total. The van der Waals surface area contributed by atoms with Crippen LogP contribution in [0.25, 0.3) is 0 Å². The van der Waals surface area contributed by atoms with E-state index in [4.69, 9.17) is 14.0 Å². The second kappa shape index (κ2) is 8.75. The molecule has 0 spiro atoms. The minimum atomic E-state index is -5.22. The van der Waals surface area contributed by atoms with Crippen LogP contribution < -0.4 is 10.6 Å². The summed E-state index contributed by atoms with van der Waals surface area (Å²) in [5, 5.41) is 10.5. The smallest absolute Gasteiger partial charge is 0.387 e. The van der Waals surface area contributed by atoms with Gasteiger partial charge in [-0.25, -0.2) is 18.5 Å². The summed E-state index contributed by atoms with van der Waals surface area (Å²) >= 11 is 0. The molecular formula is C12H20N3O13P3. The molecule has 3 unspecified atom stereocenters. The van der Waals surface area contributed by atoms with Gasteiger partial charge in [0.15, 0.2) is 6.23 Å². The van der Waals surface area contributed by atoms with Gasteiger partial charge in [-0.3, -0.25) is 9.09 Å². The third-order valence-electron chi connectivity index (χ3n) is 4.14. The Balaban J connectivity index is 1.77. The Hall–Kier alpha value is -0.990. The quantitative estimate of drug-likeness (QED) is 0.432. The number of anilines is 1. The molecule has 0 aliphatic carbocycles. The van der Waals surface area contributed by atoms with Crippen molar-refractivity contribution in [3.05, 3.63) is 22.7 Å². The summed E-state index contributed by atoms with van der Waals surface area (Å²) in [6.07, 6.45) is -3.65. The average molecular weight is 507 g/mol. The number of hydrogen-bond acceptors (Lipinski definition) is 13. The maximum atomic E-state index is 12.4. The van der Waals surface area contributed by atoms with E-state index in [-0.39, 0.29) is 0 Å². The predicted molar refractivity (Wildman–Crippen MR) is 100 cm³/mol. The van der Waals surface area contributed by atoms with Gasteiger partial charge in [0, 0.05) is 27.4 Å². The van der Waals surface area contributed by atoms with Crippen LogP contribution in [-0.4, -0.2) is 70.6 Å². The van der Waals surface area contributed by atoms with Crippen molar-refractivity contribution in [2.45, 2.75) is 24.5 Å². The van der Waals surface area contributed by atoms with Crippen LogP contribution in [0.15, 0.2) is 17.1 Å². The summed E-state index contributed by atoms with van der Waals surface area (Å²) in [4.78, 5) is 36.3. The molecule has 0 radical (unpaired) electrons. The summed E-state index contributed by atoms with van der Waals surface area (Å²) in [5.74, 6) is 0.377. The highest BCUT2D eigenvalue weighted by Gasteiger charge is 2.55. The van der Waals surface area contributed by atoms with Gasteiger partial charge in [0.2, 0.25) is 0 Å². The topological polar surface area (TPSA) is 205 Å². The maximum Gasteiger partial charge on any atom is 0.492 e. The molecule has 1 aromatic rings. The minimum absolute atomic E-state index is 0.377. The molecule has 0 amide bonds. The van der Waals surface area contributed by atoms with E-state index in [1.807, 2.05) is 0 Å². The van der Waals surface area contributed by atoms with Crippen molar-refractivity contribution in [2.75, 3.05) is 32.7 Å². The fourth-order valence-corrected chi connectivity index (χ4v) is 7.76. The standard InChI is InChI=1S/C12H20N3O13P3/c1-14(2)8-4-5-15(12(17)13-8)11-10(23-3)9(16)7(25-11)6-24-31(22)27-29(18,19)26-30(20,21)28-31/h4-5,7,9-11,16H,6H2,1-3H3,(H,18,19)(H,20,21)/t7-,9?,10+,11-/m1/s1. The van der Waals surface area contributed by atoms with Crippen LogP contribution in [0, 0.1) is 0 Å². The van der Waals surface area contributed by atoms with Gasteiger partial charge in [-0.05, 0) is 6.07 Å². The first-order chi connectivity index (χ1) is 14.3. The van der Waals surface area contributed by atoms with E-state index < -0.39 is 60.3 Å². The van der Waals surface area contributed by atoms with Crippen LogP contribution in [0.2, 0.25) is 0 Å². The number of nitrogens with zero attached hydrogens (tertiary/aromatic N) is 3. The largest absolute Gasteiger partial charge is 0.492 e. The molecule has 2 aliphatic heterocycles. The molecule has 176 valence electrons. The molecule has 16 nitrogen and oxygen atoms in total. The van der Waals surface area contributed by atoms with Crippen LogP contribution in [0.5, 0.6) is 0 Å². The molecule has 0 bridgehead atoms. The highest BCUT2D eigenvalue weighted by molar-refractivity contribution is 7.74. The monoisotopic (exact) mass is 507 g/mol. The number of phosphoric acid groups is 3. The maximum absolute atomic E-state index is 12.4. The van der Waals surface area contributed by atoms with Crippen molar-refractivity contribution < 1.29 is 55.5 Å². The summed E-state index contributed by atoms with van der Waals surface area (Å²) in [6, 6.07) is 1.52. The first-order valence-electron chi connectivity index (χ1n) is 8.43. The highest BCUT2D eigenvalue weighted by Crippen LogP contribution is 2.80. The predicted octanol–water partition coefficient (Wildman–Crippen LogP) is -0.0285. The van der Waals surface area contributed by atoms with Crippen LogP contribution >= 0.6 is 23.5 Å². The molecule has 19 heteroatoms. The van der Waals surface area contributed by atoms with Crippen LogP contribution in [0.4, 0.5) is 5.82 Å². The van der Waals surface area contributed by atoms with Crippen molar-refractivity contribution in [1.29, 1.82) is 0 Å². The fourth-order valence-electron chi connectivity index (χ4n) is 2.82. The van der Waals surface area contributed by atoms with Crippen molar-refractivity contribution in [3.63, 3.8) is 0 Å². The normalized spacial score (nSPS) is 40.7. The van der Waals surface area contributed by atoms with Gasteiger partial charge in [-0.15, -0.1) is 0 Å². The minimum Gasteiger partial charge on any atom is -0.387 e. The first-order valence-corrected chi connectivity index (χ1v) is 12.9. The zero-order valence-electron chi connectivity index (χ0n) is 16.3. The Kier molecular flexibility index (Phi) is 6.95. The van der Waals surface area contributed by atoms with E-state index in [0.29, 0.717) is 5.82 Å². The number of aliphatic hydroxyl groups excluding tert-OH is 1. The third-order valence-corrected chi connectivity index (χ3v) is 9.51. The summed E-state index contributed by atoms with van der Waals surface area (Å²) < 4.78 is 63.9. The Morgan fingerprint density at radius 2 is 1.81 bits per heavy atom. The molecule has 31 heavy (non-hydrogen) atoms. The molecule has 6 atom stereocenters. The van der Waals surface area contributed by atoms with E-state index >= 15 is 0 Å². The number of rotatable bonds is 6. The van der Waals surface area contributed by atoms with Crippen molar-refractivity contribution in [1.82, 2.24) is 9.55 Å². The van der Waals surface area contributed by atoms with E-state index in [9.17, 15) is 33.4 Å². The summed E-state index contributed by atoms with van der Waals surface area (Å²) in [7, 11) is -10.9. The molecule has 0 aromatic carbocycles. The lowest BCUT2D eigenvalue weighted by Crippen LogP contribution is -2.37. The van der Waals surface area contributed by atoms with E-state index in [0.717, 1.165) is 4.57 Å². The molecular weight excluding hydrogens is 487 g/mol. The molecule has 1 aromatic heterocycles. The number of ether oxygens (including phenoxy) is 2. The lowest BCUT2D eigenvalue weighted by molar-refractivity contribution is -0.0621. The number of aromatic nitrogens is 2. The molecule has 2 aliphatic rings. The van der Waals surface area contributed by atoms with E-state index in [1.165, 1.54) is 19.4 Å². The van der Waals surface area contributed by atoms with Gasteiger partial charge in [-0.2, -0.15) is 17.9 Å². The van der Waals surface area contributed by atoms with E-state index in [1.54, 1.807) is 19.0 Å². The molecule has 0 saturated carbocycles. The molecule has 2 fully saturated rings. The van der Waals surface area contributed by atoms with E-state index in [2.05, 4.69) is 17.9 Å². The van der Waals surface area contributed by atoms with Crippen LogP contribution in [0.3, 0.4) is 0 Å². The lowest BCUT2D eigenvalue weighted by atomic mass is 10.1. The van der Waals surface area contributed by atoms with Gasteiger partial charge in [0.25, 0.3) is 0 Å². The first kappa shape index (κ1) is 24.6. The Labute approximate surface area is 175 Å². The number of methoxy groups -OCH3 is 1. The molecule has 3 heterocycles. The number of hydrogen-bond donors (Lipinski definition) is 3. The highest BCUT2D eigenvalue weighted by atomic mass is 31.3. The van der Waals surface area contributed by atoms with Gasteiger partial charge < -0.3 is 29.3 Å². The summed E-state index contributed by atoms with van der Waals surface area (Å²) in [5.41, 5.74) is -0.710. The summed E-state index contributed by atoms with van der Waals surface area (Å²) in [6.45, 7) is -0.799. The van der Waals surface area contributed by atoms with Crippen molar-refractivity contribution in [3.8, 4) is 0 Å². The molecule has 2 saturated heterocycles. The van der Waals surface area contributed by atoms with Gasteiger partial charge in [-0.1, -0.05) is 0 Å². The zero-order chi connectivity index (χ0) is 23.2. The lowest BCUT2D eigenvalue weighted by Gasteiger charge is -2.27. The number of aliphatic hydroxyl groups is 1. The zero-order valence-corrected chi connectivity index (χ0v) is 19.0. The SMILES string of the molecule is CO[C@H]1C(O)[C@@H](COP2(=O)OP(=O)(O)OP(=O)(O)O2)O[C@H]1n1ccc(N(C)C)nc1=O. The molecule has 3 rings (SSSR count). The fraction of sp³-hybridized carbons (Fsp3) is 0.667. The van der Waals surface area contributed by atoms with Crippen molar-refractivity contribution in [2.24, 2.45) is 0 Å². The van der Waals surface area contributed by atoms with Gasteiger partial charge >= 0.3 is 29.2 Å². The van der Waals surface area contributed by atoms with Crippen molar-refractivity contribution >= 4 is 29.3 Å². The van der Waals surface area contributed by atoms with Gasteiger partial charge in [0.1, 0.15) is 24.1 Å². The van der Waals surface area contributed by atoms with Crippen LogP contribution in [-0.2, 0) is 40.6 Å². The Morgan fingerprint density at radius 3 is 2.32 bits per heavy atom. The Morgan fingerprint density at radius 1 is 1.19 bits per heavy atom. The second-order valence-electron chi connectivity index (χ2n) is 6.55. The average Bonchev–Trinajstić information content (AvgIpc) is 2.92.